The van der Waals surface area contributed by atoms with Gasteiger partial charge in [-0.05, 0) is 37.0 Å². The molecule has 19 heavy (non-hydrogen) atoms. The molecule has 3 rings (SSSR count). The van der Waals surface area contributed by atoms with E-state index in [9.17, 15) is 0 Å². The Morgan fingerprint density at radius 2 is 2.21 bits per heavy atom. The van der Waals surface area contributed by atoms with Crippen LogP contribution in [0.15, 0.2) is 30.9 Å². The predicted octanol–water partition coefficient (Wildman–Crippen LogP) is 2.23. The van der Waals surface area contributed by atoms with E-state index in [4.69, 9.17) is 5.73 Å². The van der Waals surface area contributed by atoms with Crippen LogP contribution in [0.25, 0.3) is 0 Å². The lowest BCUT2D eigenvalue weighted by atomic mass is 10.1. The van der Waals surface area contributed by atoms with Crippen molar-refractivity contribution in [3.8, 4) is 0 Å². The molecule has 0 amide bonds. The second kappa shape index (κ2) is 4.96. The number of nitrogens with zero attached hydrogens (tertiary/aromatic N) is 3. The molecule has 2 heterocycles. The Labute approximate surface area is 113 Å². The molecule has 0 unspecified atom stereocenters. The topological polar surface area (TPSA) is 47.1 Å². The average Bonchev–Trinajstić information content (AvgIpc) is 3.02. The summed E-state index contributed by atoms with van der Waals surface area (Å²) in [6, 6.07) is 4.37. The summed E-state index contributed by atoms with van der Waals surface area (Å²) in [6.45, 7) is 5.29. The van der Waals surface area contributed by atoms with Gasteiger partial charge < -0.3 is 15.2 Å². The van der Waals surface area contributed by atoms with Gasteiger partial charge in [0.1, 0.15) is 0 Å². The summed E-state index contributed by atoms with van der Waals surface area (Å²) >= 11 is 0. The molecule has 100 valence electrons. The molecule has 4 nitrogen and oxygen atoms in total. The summed E-state index contributed by atoms with van der Waals surface area (Å²) in [7, 11) is 0. The van der Waals surface area contributed by atoms with Gasteiger partial charge in [-0.3, -0.25) is 0 Å². The zero-order valence-corrected chi connectivity index (χ0v) is 11.3. The first-order valence-corrected chi connectivity index (χ1v) is 6.84. The first-order valence-electron chi connectivity index (χ1n) is 6.84. The molecule has 0 bridgehead atoms. The Morgan fingerprint density at radius 3 is 3.00 bits per heavy atom. The smallest absolute Gasteiger partial charge is 0.0945 e. The number of nitrogen functional groups attached to an aromatic ring is 1. The molecule has 2 N–H and O–H groups in total. The summed E-state index contributed by atoms with van der Waals surface area (Å²) < 4.78 is 2.13. The number of nitrogens with two attached hydrogens (primary N) is 1. The van der Waals surface area contributed by atoms with Crippen LogP contribution in [0, 0.1) is 6.92 Å². The Hall–Kier alpha value is -1.97. The molecule has 4 heteroatoms. The van der Waals surface area contributed by atoms with E-state index in [0.29, 0.717) is 0 Å². The molecule has 0 saturated heterocycles. The van der Waals surface area contributed by atoms with Crippen LogP contribution in [-0.2, 0) is 13.0 Å². The number of rotatable bonds is 4. The highest BCUT2D eigenvalue weighted by atomic mass is 15.1. The minimum atomic E-state index is 0.903. The third-order valence-corrected chi connectivity index (χ3v) is 3.86. The van der Waals surface area contributed by atoms with Crippen molar-refractivity contribution in [3.05, 3.63) is 42.0 Å². The van der Waals surface area contributed by atoms with E-state index in [0.717, 1.165) is 38.2 Å². The third kappa shape index (κ3) is 2.43. The van der Waals surface area contributed by atoms with E-state index >= 15 is 0 Å². The molecule has 0 saturated carbocycles. The van der Waals surface area contributed by atoms with E-state index in [1.807, 2.05) is 18.7 Å². The summed E-state index contributed by atoms with van der Waals surface area (Å²) in [5.41, 5.74) is 10.9. The van der Waals surface area contributed by atoms with Crippen LogP contribution >= 0.6 is 0 Å². The molecule has 1 aromatic heterocycles. The Bertz CT molecular complexity index is 560. The van der Waals surface area contributed by atoms with Crippen LogP contribution in [-0.4, -0.2) is 22.6 Å². The first kappa shape index (κ1) is 12.1. The normalized spacial score (nSPS) is 13.8. The molecule has 0 spiro atoms. The van der Waals surface area contributed by atoms with Crippen molar-refractivity contribution < 1.29 is 0 Å². The van der Waals surface area contributed by atoms with Gasteiger partial charge in [0.2, 0.25) is 0 Å². The molecule has 1 aliphatic rings. The molecular formula is C15H20N4. The largest absolute Gasteiger partial charge is 0.398 e. The fourth-order valence-corrected chi connectivity index (χ4v) is 2.74. The Kier molecular flexibility index (Phi) is 3.15. The number of hydrogen-bond acceptors (Lipinski definition) is 3. The Balaban J connectivity index is 1.64. The molecule has 0 aliphatic carbocycles. The molecule has 0 fully saturated rings. The molecule has 1 aliphatic heterocycles. The van der Waals surface area contributed by atoms with E-state index < -0.39 is 0 Å². The van der Waals surface area contributed by atoms with Crippen LogP contribution < -0.4 is 10.6 Å². The highest BCUT2D eigenvalue weighted by Crippen LogP contribution is 2.31. The maximum atomic E-state index is 6.02. The number of aryl methyl sites for hydroxylation is 2. The molecule has 1 aromatic carbocycles. The number of fused-ring (bicyclic) bond motifs is 1. The molecular weight excluding hydrogens is 236 g/mol. The molecule has 0 atom stereocenters. The van der Waals surface area contributed by atoms with Crippen LogP contribution in [0.3, 0.4) is 0 Å². The van der Waals surface area contributed by atoms with Crippen LogP contribution in [0.2, 0.25) is 0 Å². The summed E-state index contributed by atoms with van der Waals surface area (Å²) in [5.74, 6) is 0. The van der Waals surface area contributed by atoms with Gasteiger partial charge >= 0.3 is 0 Å². The van der Waals surface area contributed by atoms with Gasteiger partial charge in [0.25, 0.3) is 0 Å². The maximum Gasteiger partial charge on any atom is 0.0945 e. The number of hydrogen-bond donors (Lipinski definition) is 1. The predicted molar refractivity (Wildman–Crippen MR) is 78.4 cm³/mol. The summed E-state index contributed by atoms with van der Waals surface area (Å²) in [6.07, 6.45) is 7.98. The van der Waals surface area contributed by atoms with Gasteiger partial charge in [0.05, 0.1) is 6.33 Å². The zero-order valence-electron chi connectivity index (χ0n) is 11.3. The van der Waals surface area contributed by atoms with Crippen molar-refractivity contribution in [1.82, 2.24) is 9.55 Å². The lowest BCUT2D eigenvalue weighted by Crippen LogP contribution is -2.22. The van der Waals surface area contributed by atoms with E-state index in [2.05, 4.69) is 33.5 Å². The van der Waals surface area contributed by atoms with E-state index in [1.165, 1.54) is 16.8 Å². The van der Waals surface area contributed by atoms with Crippen molar-refractivity contribution in [2.24, 2.45) is 0 Å². The SMILES string of the molecule is Cc1cc2c(cc1N)N(CCCn1ccnc1)CC2. The van der Waals surface area contributed by atoms with Crippen molar-refractivity contribution in [2.45, 2.75) is 26.3 Å². The van der Waals surface area contributed by atoms with Crippen LogP contribution in [0.5, 0.6) is 0 Å². The monoisotopic (exact) mass is 256 g/mol. The van der Waals surface area contributed by atoms with Crippen LogP contribution in [0.1, 0.15) is 17.5 Å². The highest BCUT2D eigenvalue weighted by Gasteiger charge is 2.19. The van der Waals surface area contributed by atoms with E-state index in [1.54, 1.807) is 0 Å². The van der Waals surface area contributed by atoms with Gasteiger partial charge in [0, 0.05) is 43.4 Å². The van der Waals surface area contributed by atoms with Crippen molar-refractivity contribution in [2.75, 3.05) is 23.7 Å². The fourth-order valence-electron chi connectivity index (χ4n) is 2.74. The standard InChI is InChI=1S/C15H20N4/c1-12-9-13-3-7-19(15(13)10-14(12)16)6-2-5-18-8-4-17-11-18/h4,8-11H,2-3,5-7,16H2,1H3. The zero-order chi connectivity index (χ0) is 13.2. The van der Waals surface area contributed by atoms with E-state index in [-0.39, 0.29) is 0 Å². The minimum absolute atomic E-state index is 0.903. The van der Waals surface area contributed by atoms with Gasteiger partial charge in [-0.1, -0.05) is 6.07 Å². The second-order valence-electron chi connectivity index (χ2n) is 5.23. The van der Waals surface area contributed by atoms with Gasteiger partial charge in [-0.2, -0.15) is 0 Å². The van der Waals surface area contributed by atoms with Crippen LogP contribution in [0.4, 0.5) is 11.4 Å². The second-order valence-corrected chi connectivity index (χ2v) is 5.23. The number of anilines is 2. The van der Waals surface area contributed by atoms with Gasteiger partial charge in [0.15, 0.2) is 0 Å². The van der Waals surface area contributed by atoms with Gasteiger partial charge in [-0.15, -0.1) is 0 Å². The number of benzene rings is 1. The number of aromatic nitrogens is 2. The lowest BCUT2D eigenvalue weighted by Gasteiger charge is -2.20. The average molecular weight is 256 g/mol. The highest BCUT2D eigenvalue weighted by molar-refractivity contribution is 5.67. The molecule has 0 radical (unpaired) electrons. The quantitative estimate of drug-likeness (QED) is 0.853. The minimum Gasteiger partial charge on any atom is -0.398 e. The summed E-state index contributed by atoms with van der Waals surface area (Å²) in [4.78, 5) is 6.51. The lowest BCUT2D eigenvalue weighted by molar-refractivity contribution is 0.629. The van der Waals surface area contributed by atoms with Crippen molar-refractivity contribution in [1.29, 1.82) is 0 Å². The third-order valence-electron chi connectivity index (χ3n) is 3.86. The first-order chi connectivity index (χ1) is 9.24. The number of imidazole rings is 1. The fraction of sp³-hybridized carbons (Fsp3) is 0.400. The van der Waals surface area contributed by atoms with Crippen molar-refractivity contribution >= 4 is 11.4 Å². The molecule has 2 aromatic rings. The Morgan fingerprint density at radius 1 is 1.32 bits per heavy atom. The maximum absolute atomic E-state index is 6.02. The van der Waals surface area contributed by atoms with Gasteiger partial charge in [-0.25, -0.2) is 4.98 Å². The summed E-state index contributed by atoms with van der Waals surface area (Å²) in [5, 5.41) is 0. The van der Waals surface area contributed by atoms with Crippen molar-refractivity contribution in [3.63, 3.8) is 0 Å².